The zero-order chi connectivity index (χ0) is 13.9. The average Bonchev–Trinajstić information content (AvgIpc) is 2.90. The molecule has 102 valence electrons. The van der Waals surface area contributed by atoms with Gasteiger partial charge < -0.3 is 9.88 Å². The van der Waals surface area contributed by atoms with Crippen LogP contribution < -0.4 is 4.90 Å². The Morgan fingerprint density at radius 2 is 1.80 bits per heavy atom. The van der Waals surface area contributed by atoms with Crippen molar-refractivity contribution in [3.05, 3.63) is 59.7 Å². The van der Waals surface area contributed by atoms with Crippen molar-refractivity contribution < 1.29 is 0 Å². The van der Waals surface area contributed by atoms with Gasteiger partial charge in [-0.3, -0.25) is 0 Å². The second-order valence-electron chi connectivity index (χ2n) is 5.18. The number of aryl methyl sites for hydroxylation is 1. The molecule has 3 aromatic rings. The van der Waals surface area contributed by atoms with Gasteiger partial charge in [0.2, 0.25) is 5.95 Å². The number of rotatable bonds is 4. The summed E-state index contributed by atoms with van der Waals surface area (Å²) in [6.45, 7) is 3.11. The molecule has 0 saturated carbocycles. The van der Waals surface area contributed by atoms with Crippen LogP contribution in [0.1, 0.15) is 11.1 Å². The van der Waals surface area contributed by atoms with Crippen molar-refractivity contribution in [1.29, 1.82) is 0 Å². The number of anilines is 1. The smallest absolute Gasteiger partial charge is 0.203 e. The molecule has 0 spiro atoms. The summed E-state index contributed by atoms with van der Waals surface area (Å²) in [5.41, 5.74) is 4.86. The number of likely N-dealkylation sites (N-methyl/N-ethyl adjacent to an activating group) is 1. The maximum atomic E-state index is 4.62. The van der Waals surface area contributed by atoms with E-state index >= 15 is 0 Å². The minimum Gasteiger partial charge on any atom is -0.345 e. The summed E-state index contributed by atoms with van der Waals surface area (Å²) >= 11 is 0. The topological polar surface area (TPSA) is 31.9 Å². The standard InChI is InChI=1S/C17H19N3/c1-13-7-3-4-8-14(13)11-12-20(2)17-18-15-9-5-6-10-16(15)19-17/h3-10H,11-12H2,1-2H3,(H,18,19). The summed E-state index contributed by atoms with van der Waals surface area (Å²) in [6.07, 6.45) is 1.03. The van der Waals surface area contributed by atoms with Crippen molar-refractivity contribution in [3.8, 4) is 0 Å². The molecule has 2 aromatic carbocycles. The lowest BCUT2D eigenvalue weighted by Crippen LogP contribution is -2.21. The Balaban J connectivity index is 1.73. The molecule has 0 fully saturated rings. The van der Waals surface area contributed by atoms with Crippen molar-refractivity contribution in [3.63, 3.8) is 0 Å². The van der Waals surface area contributed by atoms with Crippen LogP contribution in [-0.2, 0) is 6.42 Å². The number of hydrogen-bond acceptors (Lipinski definition) is 2. The van der Waals surface area contributed by atoms with Crippen LogP contribution in [0.3, 0.4) is 0 Å². The Kier molecular flexibility index (Phi) is 3.42. The Hall–Kier alpha value is -2.29. The van der Waals surface area contributed by atoms with Crippen molar-refractivity contribution in [1.82, 2.24) is 9.97 Å². The third-order valence-corrected chi connectivity index (χ3v) is 3.72. The van der Waals surface area contributed by atoms with E-state index in [1.54, 1.807) is 0 Å². The molecule has 0 unspecified atom stereocenters. The lowest BCUT2D eigenvalue weighted by Gasteiger charge is -2.16. The Morgan fingerprint density at radius 3 is 2.60 bits per heavy atom. The molecule has 0 atom stereocenters. The van der Waals surface area contributed by atoms with Gasteiger partial charge in [0.25, 0.3) is 0 Å². The Morgan fingerprint density at radius 1 is 1.05 bits per heavy atom. The van der Waals surface area contributed by atoms with Gasteiger partial charge in [-0.2, -0.15) is 0 Å². The van der Waals surface area contributed by atoms with E-state index in [0.717, 1.165) is 29.9 Å². The fraction of sp³-hybridized carbons (Fsp3) is 0.235. The van der Waals surface area contributed by atoms with Crippen LogP contribution in [0.4, 0.5) is 5.95 Å². The normalized spacial score (nSPS) is 10.9. The van der Waals surface area contributed by atoms with Crippen molar-refractivity contribution >= 4 is 17.0 Å². The molecule has 3 rings (SSSR count). The highest BCUT2D eigenvalue weighted by Crippen LogP contribution is 2.16. The van der Waals surface area contributed by atoms with Crippen LogP contribution in [0.15, 0.2) is 48.5 Å². The van der Waals surface area contributed by atoms with Gasteiger partial charge in [-0.05, 0) is 36.6 Å². The zero-order valence-corrected chi connectivity index (χ0v) is 11.9. The molecule has 1 heterocycles. The summed E-state index contributed by atoms with van der Waals surface area (Å²) in [5, 5.41) is 0. The molecule has 3 nitrogen and oxygen atoms in total. The van der Waals surface area contributed by atoms with Gasteiger partial charge >= 0.3 is 0 Å². The maximum Gasteiger partial charge on any atom is 0.203 e. The number of fused-ring (bicyclic) bond motifs is 1. The molecule has 20 heavy (non-hydrogen) atoms. The van der Waals surface area contributed by atoms with Crippen LogP contribution in [0.25, 0.3) is 11.0 Å². The summed E-state index contributed by atoms with van der Waals surface area (Å²) in [4.78, 5) is 10.2. The predicted octanol–water partition coefficient (Wildman–Crippen LogP) is 3.55. The second-order valence-corrected chi connectivity index (χ2v) is 5.18. The largest absolute Gasteiger partial charge is 0.345 e. The number of nitrogens with zero attached hydrogens (tertiary/aromatic N) is 2. The minimum absolute atomic E-state index is 0.930. The summed E-state index contributed by atoms with van der Waals surface area (Å²) in [7, 11) is 2.08. The molecule has 0 amide bonds. The molecule has 1 N–H and O–H groups in total. The highest BCUT2D eigenvalue weighted by molar-refractivity contribution is 5.77. The number of hydrogen-bond donors (Lipinski definition) is 1. The van der Waals surface area contributed by atoms with Crippen LogP contribution in [0.2, 0.25) is 0 Å². The number of H-pyrrole nitrogens is 1. The first-order chi connectivity index (χ1) is 9.74. The van der Waals surface area contributed by atoms with Gasteiger partial charge in [0.15, 0.2) is 0 Å². The van der Waals surface area contributed by atoms with Crippen molar-refractivity contribution in [2.24, 2.45) is 0 Å². The minimum atomic E-state index is 0.930. The molecule has 0 aliphatic heterocycles. The average molecular weight is 265 g/mol. The van der Waals surface area contributed by atoms with E-state index in [1.165, 1.54) is 11.1 Å². The van der Waals surface area contributed by atoms with Crippen molar-refractivity contribution in [2.75, 3.05) is 18.5 Å². The summed E-state index contributed by atoms with van der Waals surface area (Å²) in [5.74, 6) is 0.930. The molecular weight excluding hydrogens is 246 g/mol. The van der Waals surface area contributed by atoms with E-state index in [1.807, 2.05) is 18.2 Å². The number of aromatic nitrogens is 2. The Labute approximate surface area is 119 Å². The first-order valence-electron chi connectivity index (χ1n) is 6.94. The van der Waals surface area contributed by atoms with E-state index in [9.17, 15) is 0 Å². The lowest BCUT2D eigenvalue weighted by molar-refractivity contribution is 0.846. The summed E-state index contributed by atoms with van der Waals surface area (Å²) in [6, 6.07) is 16.7. The molecule has 3 heteroatoms. The molecule has 0 radical (unpaired) electrons. The SMILES string of the molecule is Cc1ccccc1CCN(C)c1nc2ccccc2[nH]1. The highest BCUT2D eigenvalue weighted by Gasteiger charge is 2.07. The van der Waals surface area contributed by atoms with E-state index in [2.05, 4.69) is 59.2 Å². The van der Waals surface area contributed by atoms with E-state index in [-0.39, 0.29) is 0 Å². The lowest BCUT2D eigenvalue weighted by atomic mass is 10.1. The quantitative estimate of drug-likeness (QED) is 0.782. The predicted molar refractivity (Wildman–Crippen MR) is 84.2 cm³/mol. The maximum absolute atomic E-state index is 4.62. The van der Waals surface area contributed by atoms with Gasteiger partial charge in [-0.15, -0.1) is 0 Å². The molecule has 1 aromatic heterocycles. The van der Waals surface area contributed by atoms with Crippen LogP contribution in [0.5, 0.6) is 0 Å². The van der Waals surface area contributed by atoms with Gasteiger partial charge in [0.1, 0.15) is 0 Å². The van der Waals surface area contributed by atoms with Crippen LogP contribution in [0, 0.1) is 6.92 Å². The van der Waals surface area contributed by atoms with E-state index in [0.29, 0.717) is 0 Å². The van der Waals surface area contributed by atoms with Gasteiger partial charge in [0.05, 0.1) is 11.0 Å². The molecule has 0 saturated heterocycles. The van der Waals surface area contributed by atoms with Crippen LogP contribution >= 0.6 is 0 Å². The number of imidazole rings is 1. The second kappa shape index (κ2) is 5.37. The third kappa shape index (κ3) is 2.52. The third-order valence-electron chi connectivity index (χ3n) is 3.72. The van der Waals surface area contributed by atoms with Gasteiger partial charge in [0, 0.05) is 13.6 Å². The monoisotopic (exact) mass is 265 g/mol. The van der Waals surface area contributed by atoms with Crippen molar-refractivity contribution in [2.45, 2.75) is 13.3 Å². The fourth-order valence-electron chi connectivity index (χ4n) is 2.40. The Bertz CT molecular complexity index is 682. The molecular formula is C17H19N3. The molecule has 0 aliphatic rings. The number of nitrogens with one attached hydrogen (secondary N) is 1. The van der Waals surface area contributed by atoms with Crippen LogP contribution in [-0.4, -0.2) is 23.6 Å². The molecule has 0 bridgehead atoms. The number of benzene rings is 2. The van der Waals surface area contributed by atoms with Gasteiger partial charge in [-0.1, -0.05) is 36.4 Å². The van der Waals surface area contributed by atoms with Gasteiger partial charge in [-0.25, -0.2) is 4.98 Å². The number of para-hydroxylation sites is 2. The zero-order valence-electron chi connectivity index (χ0n) is 11.9. The van der Waals surface area contributed by atoms with E-state index < -0.39 is 0 Å². The number of aromatic amines is 1. The first-order valence-corrected chi connectivity index (χ1v) is 6.94. The first kappa shape index (κ1) is 12.7. The molecule has 0 aliphatic carbocycles. The fourth-order valence-corrected chi connectivity index (χ4v) is 2.40. The van der Waals surface area contributed by atoms with E-state index in [4.69, 9.17) is 0 Å². The summed E-state index contributed by atoms with van der Waals surface area (Å²) < 4.78 is 0. The highest BCUT2D eigenvalue weighted by atomic mass is 15.2.